The van der Waals surface area contributed by atoms with E-state index in [1.54, 1.807) is 0 Å². The van der Waals surface area contributed by atoms with E-state index >= 15 is 0 Å². The first-order valence-electron chi connectivity index (χ1n) is 7.09. The van der Waals surface area contributed by atoms with E-state index in [0.29, 0.717) is 11.5 Å². The third-order valence-electron chi connectivity index (χ3n) is 5.38. The minimum absolute atomic E-state index is 0.0919. The third-order valence-corrected chi connectivity index (χ3v) is 5.38. The highest BCUT2D eigenvalue weighted by atomic mass is 16.4. The Hall–Kier alpha value is -0.570. The van der Waals surface area contributed by atoms with Crippen molar-refractivity contribution in [1.29, 1.82) is 0 Å². The van der Waals surface area contributed by atoms with Crippen molar-refractivity contribution < 1.29 is 9.90 Å². The van der Waals surface area contributed by atoms with Gasteiger partial charge in [0.05, 0.1) is 5.92 Å². The van der Waals surface area contributed by atoms with E-state index in [-0.39, 0.29) is 5.92 Å². The summed E-state index contributed by atoms with van der Waals surface area (Å²) in [6.45, 7) is 6.80. The maximum Gasteiger partial charge on any atom is 0.308 e. The van der Waals surface area contributed by atoms with Crippen LogP contribution in [-0.2, 0) is 4.79 Å². The molecule has 2 aliphatic rings. The van der Waals surface area contributed by atoms with Crippen LogP contribution >= 0.6 is 0 Å². The first kappa shape index (κ1) is 12.9. The van der Waals surface area contributed by atoms with Gasteiger partial charge in [0, 0.05) is 6.04 Å². The molecular formula is C14H25NO2. The Kier molecular flexibility index (Phi) is 3.76. The number of carbonyl (C=O) groups is 1. The molecule has 1 N–H and O–H groups in total. The summed E-state index contributed by atoms with van der Waals surface area (Å²) in [5.41, 5.74) is 0.541. The molecule has 1 saturated heterocycles. The van der Waals surface area contributed by atoms with Gasteiger partial charge in [0.2, 0.25) is 0 Å². The molecule has 2 fully saturated rings. The largest absolute Gasteiger partial charge is 0.481 e. The zero-order chi connectivity index (χ0) is 12.5. The van der Waals surface area contributed by atoms with Crippen molar-refractivity contribution in [1.82, 2.24) is 4.90 Å². The average molecular weight is 239 g/mol. The first-order valence-corrected chi connectivity index (χ1v) is 7.09. The molecule has 1 aliphatic carbocycles. The Bertz CT molecular complexity index is 276. The second kappa shape index (κ2) is 4.97. The highest BCUT2D eigenvalue weighted by Crippen LogP contribution is 2.41. The van der Waals surface area contributed by atoms with Crippen LogP contribution in [0.15, 0.2) is 0 Å². The minimum atomic E-state index is -0.593. The van der Waals surface area contributed by atoms with Crippen LogP contribution in [0.2, 0.25) is 0 Å². The second-order valence-electron chi connectivity index (χ2n) is 5.83. The van der Waals surface area contributed by atoms with E-state index in [2.05, 4.69) is 18.7 Å². The monoisotopic (exact) mass is 239 g/mol. The van der Waals surface area contributed by atoms with E-state index < -0.39 is 5.97 Å². The molecule has 0 bridgehead atoms. The summed E-state index contributed by atoms with van der Waals surface area (Å²) in [6, 6.07) is 0.333. The maximum absolute atomic E-state index is 11.0. The molecular weight excluding hydrogens is 214 g/mol. The lowest BCUT2D eigenvalue weighted by Gasteiger charge is -2.48. The highest BCUT2D eigenvalue weighted by molar-refractivity contribution is 5.72. The molecule has 0 spiro atoms. The normalized spacial score (nSPS) is 33.1. The smallest absolute Gasteiger partial charge is 0.308 e. The molecule has 2 unspecified atom stereocenters. The molecule has 0 amide bonds. The lowest BCUT2D eigenvalue weighted by molar-refractivity contribution is -0.149. The predicted octanol–water partition coefficient (Wildman–Crippen LogP) is 2.75. The fourth-order valence-corrected chi connectivity index (χ4v) is 3.49. The van der Waals surface area contributed by atoms with Crippen LogP contribution in [0, 0.1) is 11.3 Å². The van der Waals surface area contributed by atoms with Gasteiger partial charge < -0.3 is 5.11 Å². The lowest BCUT2D eigenvalue weighted by atomic mass is 9.71. The molecule has 98 valence electrons. The molecule has 0 radical (unpaired) electrons. The number of nitrogens with zero attached hydrogens (tertiary/aromatic N) is 1. The summed E-state index contributed by atoms with van der Waals surface area (Å²) in [6.07, 6.45) is 7.01. The van der Waals surface area contributed by atoms with Crippen molar-refractivity contribution in [2.45, 2.75) is 58.4 Å². The molecule has 1 aliphatic heterocycles. The quantitative estimate of drug-likeness (QED) is 0.820. The summed E-state index contributed by atoms with van der Waals surface area (Å²) in [5.74, 6) is -0.685. The van der Waals surface area contributed by atoms with Gasteiger partial charge in [-0.25, -0.2) is 0 Å². The number of rotatable bonds is 4. The molecule has 3 heteroatoms. The van der Waals surface area contributed by atoms with Crippen molar-refractivity contribution in [3.63, 3.8) is 0 Å². The summed E-state index contributed by atoms with van der Waals surface area (Å²) in [5, 5.41) is 9.10. The van der Waals surface area contributed by atoms with Gasteiger partial charge in [-0.2, -0.15) is 0 Å². The number of hydrogen-bond donors (Lipinski definition) is 1. The summed E-state index contributed by atoms with van der Waals surface area (Å²) >= 11 is 0. The first-order chi connectivity index (χ1) is 8.12. The van der Waals surface area contributed by atoms with E-state index in [0.717, 1.165) is 25.9 Å². The van der Waals surface area contributed by atoms with Gasteiger partial charge in [-0.3, -0.25) is 9.69 Å². The number of aliphatic carboxylic acids is 1. The zero-order valence-electron chi connectivity index (χ0n) is 11.1. The van der Waals surface area contributed by atoms with Gasteiger partial charge in [-0.05, 0) is 44.2 Å². The summed E-state index contributed by atoms with van der Waals surface area (Å²) < 4.78 is 0. The lowest BCUT2D eigenvalue weighted by Crippen LogP contribution is -2.54. The number of carboxylic acids is 1. The standard InChI is InChI=1S/C14H25NO2/c1-3-14(4-2)7-9-15(10-8-14)12-6-5-11(12)13(16)17/h11-12H,3-10H2,1-2H3,(H,16,17). The summed E-state index contributed by atoms with van der Waals surface area (Å²) in [4.78, 5) is 13.5. The average Bonchev–Trinajstić information content (AvgIpc) is 2.28. The molecule has 17 heavy (non-hydrogen) atoms. The van der Waals surface area contributed by atoms with Gasteiger partial charge in [-0.1, -0.05) is 26.7 Å². The van der Waals surface area contributed by atoms with Crippen molar-refractivity contribution in [2.24, 2.45) is 11.3 Å². The summed E-state index contributed by atoms with van der Waals surface area (Å²) in [7, 11) is 0. The van der Waals surface area contributed by atoms with E-state index in [1.165, 1.54) is 25.7 Å². The SMILES string of the molecule is CCC1(CC)CCN(C2CCC2C(=O)O)CC1. The molecule has 0 aromatic rings. The van der Waals surface area contributed by atoms with Crippen molar-refractivity contribution in [2.75, 3.05) is 13.1 Å². The number of piperidine rings is 1. The van der Waals surface area contributed by atoms with Crippen molar-refractivity contribution in [3.05, 3.63) is 0 Å². The minimum Gasteiger partial charge on any atom is -0.481 e. The maximum atomic E-state index is 11.0. The van der Waals surface area contributed by atoms with E-state index in [9.17, 15) is 4.79 Å². The van der Waals surface area contributed by atoms with Crippen LogP contribution < -0.4 is 0 Å². The molecule has 0 aromatic heterocycles. The second-order valence-corrected chi connectivity index (χ2v) is 5.83. The highest BCUT2D eigenvalue weighted by Gasteiger charge is 2.43. The van der Waals surface area contributed by atoms with Crippen LogP contribution in [-0.4, -0.2) is 35.1 Å². The molecule has 1 heterocycles. The Labute approximate surface area is 104 Å². The van der Waals surface area contributed by atoms with Gasteiger partial charge in [0.25, 0.3) is 0 Å². The Morgan fingerprint density at radius 3 is 2.18 bits per heavy atom. The van der Waals surface area contributed by atoms with Crippen LogP contribution in [0.1, 0.15) is 52.4 Å². The van der Waals surface area contributed by atoms with Crippen LogP contribution in [0.25, 0.3) is 0 Å². The Morgan fingerprint density at radius 2 is 1.82 bits per heavy atom. The van der Waals surface area contributed by atoms with Crippen LogP contribution in [0.5, 0.6) is 0 Å². The van der Waals surface area contributed by atoms with E-state index in [4.69, 9.17) is 5.11 Å². The zero-order valence-corrected chi connectivity index (χ0v) is 11.1. The molecule has 2 rings (SSSR count). The third kappa shape index (κ3) is 2.35. The van der Waals surface area contributed by atoms with Crippen LogP contribution in [0.3, 0.4) is 0 Å². The number of carboxylic acid groups (broad SMARTS) is 1. The number of hydrogen-bond acceptors (Lipinski definition) is 2. The van der Waals surface area contributed by atoms with Gasteiger partial charge in [0.1, 0.15) is 0 Å². The Balaban J connectivity index is 1.89. The predicted molar refractivity (Wildman–Crippen MR) is 68.0 cm³/mol. The topological polar surface area (TPSA) is 40.5 Å². The molecule has 2 atom stereocenters. The molecule has 1 saturated carbocycles. The van der Waals surface area contributed by atoms with Crippen molar-refractivity contribution >= 4 is 5.97 Å². The van der Waals surface area contributed by atoms with Gasteiger partial charge in [-0.15, -0.1) is 0 Å². The molecule has 0 aromatic carbocycles. The fourth-order valence-electron chi connectivity index (χ4n) is 3.49. The van der Waals surface area contributed by atoms with Crippen molar-refractivity contribution in [3.8, 4) is 0 Å². The number of likely N-dealkylation sites (tertiary alicyclic amines) is 1. The molecule has 3 nitrogen and oxygen atoms in total. The Morgan fingerprint density at radius 1 is 1.24 bits per heavy atom. The van der Waals surface area contributed by atoms with Crippen LogP contribution in [0.4, 0.5) is 0 Å². The van der Waals surface area contributed by atoms with E-state index in [1.807, 2.05) is 0 Å². The van der Waals surface area contributed by atoms with Gasteiger partial charge >= 0.3 is 5.97 Å². The fraction of sp³-hybridized carbons (Fsp3) is 0.929. The van der Waals surface area contributed by atoms with Gasteiger partial charge in [0.15, 0.2) is 0 Å².